The largest absolute Gasteiger partial charge is 0.507 e. The van der Waals surface area contributed by atoms with Crippen molar-refractivity contribution >= 4 is 34.3 Å². The van der Waals surface area contributed by atoms with E-state index in [4.69, 9.17) is 0 Å². The minimum atomic E-state index is -0.355. The second-order valence-corrected chi connectivity index (χ2v) is 7.87. The zero-order chi connectivity index (χ0) is 22.5. The first-order valence-electron chi connectivity index (χ1n) is 9.86. The topological polar surface area (TPSA) is 96.6 Å². The standard InChI is InChI=1S/C24H20N4O3S/c1-16(18-11-6-8-14-21(18)29)26-27-22(30)15-32-24-25-20-13-7-5-12-19(20)23(31)28(24)17-9-3-2-4-10-17/h2-14,29H,15H2,1H3,(H,27,30)/b26-16+. The summed E-state index contributed by atoms with van der Waals surface area (Å²) in [6.45, 7) is 1.69. The normalized spacial score (nSPS) is 11.5. The molecule has 0 atom stereocenters. The van der Waals surface area contributed by atoms with Gasteiger partial charge in [0.25, 0.3) is 11.5 Å². The van der Waals surface area contributed by atoms with Crippen LogP contribution in [0, 0.1) is 0 Å². The molecule has 4 aromatic rings. The molecule has 0 aliphatic carbocycles. The minimum Gasteiger partial charge on any atom is -0.507 e. The van der Waals surface area contributed by atoms with Gasteiger partial charge >= 0.3 is 0 Å². The van der Waals surface area contributed by atoms with Crippen LogP contribution in [-0.4, -0.2) is 32.0 Å². The number of aromatic hydroxyl groups is 1. The van der Waals surface area contributed by atoms with Crippen LogP contribution in [-0.2, 0) is 4.79 Å². The van der Waals surface area contributed by atoms with Gasteiger partial charge in [0.1, 0.15) is 5.75 Å². The molecule has 1 amide bonds. The summed E-state index contributed by atoms with van der Waals surface area (Å²) >= 11 is 1.15. The van der Waals surface area contributed by atoms with Gasteiger partial charge in [-0.2, -0.15) is 5.10 Å². The Kier molecular flexibility index (Phi) is 6.32. The number of rotatable bonds is 6. The third-order valence-corrected chi connectivity index (χ3v) is 5.67. The fourth-order valence-corrected chi connectivity index (χ4v) is 3.97. The Hall–Kier alpha value is -3.91. The smallest absolute Gasteiger partial charge is 0.266 e. The van der Waals surface area contributed by atoms with Gasteiger partial charge in [-0.3, -0.25) is 14.2 Å². The van der Waals surface area contributed by atoms with Gasteiger partial charge in [-0.15, -0.1) is 0 Å². The Morgan fingerprint density at radius 2 is 1.72 bits per heavy atom. The summed E-state index contributed by atoms with van der Waals surface area (Å²) in [4.78, 5) is 30.2. The van der Waals surface area contributed by atoms with Crippen molar-refractivity contribution in [1.29, 1.82) is 0 Å². The van der Waals surface area contributed by atoms with E-state index in [-0.39, 0.29) is 23.0 Å². The number of hydrazone groups is 1. The molecule has 0 bridgehead atoms. The van der Waals surface area contributed by atoms with E-state index >= 15 is 0 Å². The lowest BCUT2D eigenvalue weighted by Gasteiger charge is -2.13. The van der Waals surface area contributed by atoms with Crippen LogP contribution in [0.25, 0.3) is 16.6 Å². The molecule has 160 valence electrons. The lowest BCUT2D eigenvalue weighted by molar-refractivity contribution is -0.118. The second-order valence-electron chi connectivity index (χ2n) is 6.93. The monoisotopic (exact) mass is 444 g/mol. The van der Waals surface area contributed by atoms with Crippen LogP contribution >= 0.6 is 11.8 Å². The van der Waals surface area contributed by atoms with Gasteiger partial charge in [-0.1, -0.05) is 54.2 Å². The van der Waals surface area contributed by atoms with Gasteiger partial charge in [-0.05, 0) is 43.3 Å². The van der Waals surface area contributed by atoms with E-state index in [1.54, 1.807) is 49.4 Å². The molecule has 7 nitrogen and oxygen atoms in total. The van der Waals surface area contributed by atoms with Gasteiger partial charge in [0.2, 0.25) is 0 Å². The van der Waals surface area contributed by atoms with E-state index in [0.29, 0.717) is 33.0 Å². The number of carbonyl (C=O) groups excluding carboxylic acids is 1. The predicted molar refractivity (Wildman–Crippen MR) is 127 cm³/mol. The van der Waals surface area contributed by atoms with Crippen molar-refractivity contribution in [1.82, 2.24) is 15.0 Å². The van der Waals surface area contributed by atoms with Gasteiger partial charge in [0.05, 0.1) is 28.1 Å². The Labute approximate surface area is 188 Å². The summed E-state index contributed by atoms with van der Waals surface area (Å²) in [5.41, 5.74) is 4.55. The number of phenolic OH excluding ortho intramolecular Hbond substituents is 1. The summed E-state index contributed by atoms with van der Waals surface area (Å²) in [5.74, 6) is -0.258. The van der Waals surface area contributed by atoms with Gasteiger partial charge in [0, 0.05) is 5.56 Å². The molecule has 32 heavy (non-hydrogen) atoms. The van der Waals surface area contributed by atoms with E-state index in [1.807, 2.05) is 36.4 Å². The highest BCUT2D eigenvalue weighted by Crippen LogP contribution is 2.21. The molecule has 3 aromatic carbocycles. The second kappa shape index (κ2) is 9.49. The zero-order valence-corrected chi connectivity index (χ0v) is 18.0. The van der Waals surface area contributed by atoms with E-state index in [1.165, 1.54) is 4.57 Å². The molecule has 0 aliphatic rings. The number of phenols is 1. The van der Waals surface area contributed by atoms with Crippen LogP contribution in [0.3, 0.4) is 0 Å². The van der Waals surface area contributed by atoms with Gasteiger partial charge in [0.15, 0.2) is 5.16 Å². The zero-order valence-electron chi connectivity index (χ0n) is 17.2. The van der Waals surface area contributed by atoms with Crippen molar-refractivity contribution in [2.75, 3.05) is 5.75 Å². The summed E-state index contributed by atoms with van der Waals surface area (Å²) in [5, 5.41) is 14.9. The van der Waals surface area contributed by atoms with Crippen LogP contribution in [0.5, 0.6) is 5.75 Å². The number of amides is 1. The highest BCUT2D eigenvalue weighted by Gasteiger charge is 2.14. The predicted octanol–water partition coefficient (Wildman–Crippen LogP) is 3.72. The van der Waals surface area contributed by atoms with Crippen LogP contribution in [0.4, 0.5) is 0 Å². The molecular weight excluding hydrogens is 424 g/mol. The SMILES string of the molecule is C/C(=N\NC(=O)CSc1nc2ccccc2c(=O)n1-c1ccccc1)c1ccccc1O. The fraction of sp³-hybridized carbons (Fsp3) is 0.0833. The molecular formula is C24H20N4O3S. The number of carbonyl (C=O) groups is 1. The van der Waals surface area contributed by atoms with Crippen LogP contribution in [0.2, 0.25) is 0 Å². The number of nitrogens with zero attached hydrogens (tertiary/aromatic N) is 3. The van der Waals surface area contributed by atoms with Crippen molar-refractivity contribution in [3.63, 3.8) is 0 Å². The molecule has 0 saturated carbocycles. The third kappa shape index (κ3) is 4.55. The number of aromatic nitrogens is 2. The number of thioether (sulfide) groups is 1. The van der Waals surface area contributed by atoms with Crippen LogP contribution in [0.1, 0.15) is 12.5 Å². The molecule has 0 fully saturated rings. The highest BCUT2D eigenvalue weighted by molar-refractivity contribution is 7.99. The van der Waals surface area contributed by atoms with Crippen molar-refractivity contribution in [2.45, 2.75) is 12.1 Å². The number of nitrogens with one attached hydrogen (secondary N) is 1. The molecule has 1 aromatic heterocycles. The van der Waals surface area contributed by atoms with Crippen molar-refractivity contribution in [3.8, 4) is 11.4 Å². The molecule has 0 aliphatic heterocycles. The van der Waals surface area contributed by atoms with E-state index in [9.17, 15) is 14.7 Å². The molecule has 8 heteroatoms. The Bertz CT molecular complexity index is 1370. The summed E-state index contributed by atoms with van der Waals surface area (Å²) in [6, 6.07) is 23.1. The molecule has 0 saturated heterocycles. The number of benzene rings is 3. The minimum absolute atomic E-state index is 0.00909. The van der Waals surface area contributed by atoms with Crippen molar-refractivity contribution < 1.29 is 9.90 Å². The fourth-order valence-electron chi connectivity index (χ4n) is 3.16. The average molecular weight is 445 g/mol. The Morgan fingerprint density at radius 1 is 1.03 bits per heavy atom. The number of hydrogen-bond acceptors (Lipinski definition) is 6. The molecule has 1 heterocycles. The number of hydrogen-bond donors (Lipinski definition) is 2. The van der Waals surface area contributed by atoms with Gasteiger partial charge < -0.3 is 5.11 Å². The van der Waals surface area contributed by atoms with Crippen molar-refractivity contribution in [3.05, 3.63) is 94.8 Å². The summed E-state index contributed by atoms with van der Waals surface area (Å²) in [6.07, 6.45) is 0. The molecule has 0 spiro atoms. The maximum atomic E-state index is 13.2. The Morgan fingerprint density at radius 3 is 2.50 bits per heavy atom. The molecule has 0 radical (unpaired) electrons. The lowest BCUT2D eigenvalue weighted by Crippen LogP contribution is -2.24. The van der Waals surface area contributed by atoms with Crippen LogP contribution < -0.4 is 11.0 Å². The molecule has 0 unspecified atom stereocenters. The van der Waals surface area contributed by atoms with E-state index in [2.05, 4.69) is 15.5 Å². The Balaban J connectivity index is 1.58. The number of fused-ring (bicyclic) bond motifs is 1. The molecule has 2 N–H and O–H groups in total. The van der Waals surface area contributed by atoms with E-state index in [0.717, 1.165) is 11.8 Å². The first-order valence-corrected chi connectivity index (χ1v) is 10.8. The highest BCUT2D eigenvalue weighted by atomic mass is 32.2. The summed E-state index contributed by atoms with van der Waals surface area (Å²) in [7, 11) is 0. The van der Waals surface area contributed by atoms with Crippen molar-refractivity contribution in [2.24, 2.45) is 5.10 Å². The first-order chi connectivity index (χ1) is 15.5. The summed E-state index contributed by atoms with van der Waals surface area (Å²) < 4.78 is 1.51. The first kappa shape index (κ1) is 21.3. The maximum Gasteiger partial charge on any atom is 0.266 e. The quantitative estimate of drug-likeness (QED) is 0.204. The third-order valence-electron chi connectivity index (χ3n) is 4.73. The van der Waals surface area contributed by atoms with Gasteiger partial charge in [-0.25, -0.2) is 10.4 Å². The average Bonchev–Trinajstić information content (AvgIpc) is 2.82. The van der Waals surface area contributed by atoms with E-state index < -0.39 is 0 Å². The number of para-hydroxylation sites is 3. The lowest BCUT2D eigenvalue weighted by atomic mass is 10.1. The maximum absolute atomic E-state index is 13.2. The van der Waals surface area contributed by atoms with Crippen LogP contribution in [0.15, 0.2) is 93.9 Å². The molecule has 4 rings (SSSR count).